The molecular formula is C47H29N5. The predicted octanol–water partition coefficient (Wildman–Crippen LogP) is 11.6. The molecule has 5 heteroatoms. The SMILES string of the molecule is c1ccc(-c2ccc3ccc4ccc(-c5cccc(-c6cccc(-c7nc(-c8cccc9cccnc89)c8ccccc8n7)c6)c5)nc4c3n2)cc1. The van der Waals surface area contributed by atoms with E-state index in [9.17, 15) is 0 Å². The van der Waals surface area contributed by atoms with Crippen LogP contribution in [0.25, 0.3) is 99.9 Å². The van der Waals surface area contributed by atoms with Crippen molar-refractivity contribution in [2.45, 2.75) is 0 Å². The van der Waals surface area contributed by atoms with Crippen LogP contribution in [0.3, 0.4) is 0 Å². The van der Waals surface area contributed by atoms with E-state index in [4.69, 9.17) is 24.9 Å². The minimum absolute atomic E-state index is 0.671. The van der Waals surface area contributed by atoms with Crippen LogP contribution in [0.2, 0.25) is 0 Å². The van der Waals surface area contributed by atoms with Crippen LogP contribution < -0.4 is 0 Å². The fourth-order valence-electron chi connectivity index (χ4n) is 7.10. The van der Waals surface area contributed by atoms with Gasteiger partial charge < -0.3 is 0 Å². The summed E-state index contributed by atoms with van der Waals surface area (Å²) in [5, 5.41) is 4.20. The van der Waals surface area contributed by atoms with Crippen LogP contribution >= 0.6 is 0 Å². The van der Waals surface area contributed by atoms with Crippen molar-refractivity contribution in [3.63, 3.8) is 0 Å². The molecule has 0 radical (unpaired) electrons. The summed E-state index contributed by atoms with van der Waals surface area (Å²) in [5.74, 6) is 0.671. The Bertz CT molecular complexity index is 2970. The van der Waals surface area contributed by atoms with Gasteiger partial charge in [0.25, 0.3) is 0 Å². The number of para-hydroxylation sites is 2. The van der Waals surface area contributed by atoms with Crippen molar-refractivity contribution >= 4 is 43.6 Å². The van der Waals surface area contributed by atoms with Crippen molar-refractivity contribution in [1.29, 1.82) is 0 Å². The third-order valence-corrected chi connectivity index (χ3v) is 9.69. The molecule has 242 valence electrons. The van der Waals surface area contributed by atoms with Crippen molar-refractivity contribution in [1.82, 2.24) is 24.9 Å². The topological polar surface area (TPSA) is 64.5 Å². The van der Waals surface area contributed by atoms with Gasteiger partial charge >= 0.3 is 0 Å². The van der Waals surface area contributed by atoms with Gasteiger partial charge in [-0.05, 0) is 47.5 Å². The van der Waals surface area contributed by atoms with E-state index in [1.807, 2.05) is 48.7 Å². The average Bonchev–Trinajstić information content (AvgIpc) is 3.23. The molecule has 10 rings (SSSR count). The fourth-order valence-corrected chi connectivity index (χ4v) is 7.10. The van der Waals surface area contributed by atoms with Crippen LogP contribution in [0.1, 0.15) is 0 Å². The molecule has 0 amide bonds. The van der Waals surface area contributed by atoms with Crippen LogP contribution in [0.4, 0.5) is 0 Å². The number of hydrogen-bond donors (Lipinski definition) is 0. The first-order chi connectivity index (χ1) is 25.7. The average molecular weight is 664 g/mol. The molecule has 0 saturated carbocycles. The van der Waals surface area contributed by atoms with Gasteiger partial charge in [0.05, 0.1) is 39.1 Å². The summed E-state index contributed by atoms with van der Waals surface area (Å²) in [6.07, 6.45) is 1.84. The number of fused-ring (bicyclic) bond motifs is 5. The van der Waals surface area contributed by atoms with Gasteiger partial charge in [0.1, 0.15) is 0 Å². The van der Waals surface area contributed by atoms with Crippen molar-refractivity contribution in [3.8, 4) is 56.3 Å². The zero-order chi connectivity index (χ0) is 34.4. The smallest absolute Gasteiger partial charge is 0.160 e. The molecule has 6 aromatic carbocycles. The Hall–Kier alpha value is -7.11. The molecule has 4 heterocycles. The van der Waals surface area contributed by atoms with Crippen molar-refractivity contribution in [3.05, 3.63) is 176 Å². The molecule has 0 aliphatic rings. The highest BCUT2D eigenvalue weighted by atomic mass is 14.9. The molecule has 0 unspecified atom stereocenters. The van der Waals surface area contributed by atoms with E-state index in [-0.39, 0.29) is 0 Å². The Labute approximate surface area is 300 Å². The minimum Gasteiger partial charge on any atom is -0.256 e. The second kappa shape index (κ2) is 12.3. The van der Waals surface area contributed by atoms with Gasteiger partial charge in [-0.1, -0.05) is 133 Å². The number of pyridine rings is 3. The van der Waals surface area contributed by atoms with E-state index < -0.39 is 0 Å². The van der Waals surface area contributed by atoms with E-state index in [1.165, 1.54) is 0 Å². The molecule has 0 bridgehead atoms. The number of hydrogen-bond acceptors (Lipinski definition) is 5. The standard InChI is InChI=1S/C47H29N5/c1-2-10-30(11-3-1)40-25-23-32-21-22-33-24-26-41(50-45(33)44(32)49-40)36-15-6-13-34(28-36)35-14-7-16-37(29-35)47-51-42-20-5-4-18-38(42)46(52-47)39-19-8-12-31-17-9-27-48-43(31)39/h1-29H. The maximum atomic E-state index is 5.21. The number of benzene rings is 6. The van der Waals surface area contributed by atoms with E-state index in [2.05, 4.69) is 127 Å². The number of rotatable bonds is 5. The quantitative estimate of drug-likeness (QED) is 0.171. The maximum Gasteiger partial charge on any atom is 0.160 e. The molecule has 0 spiro atoms. The normalized spacial score (nSPS) is 11.5. The lowest BCUT2D eigenvalue weighted by atomic mass is 9.98. The van der Waals surface area contributed by atoms with Gasteiger partial charge in [0.2, 0.25) is 0 Å². The first kappa shape index (κ1) is 29.8. The monoisotopic (exact) mass is 663 g/mol. The van der Waals surface area contributed by atoms with E-state index >= 15 is 0 Å². The molecule has 52 heavy (non-hydrogen) atoms. The molecule has 0 atom stereocenters. The molecule has 10 aromatic rings. The van der Waals surface area contributed by atoms with Crippen molar-refractivity contribution in [2.24, 2.45) is 0 Å². The van der Waals surface area contributed by atoms with Gasteiger partial charge in [0, 0.05) is 50.0 Å². The van der Waals surface area contributed by atoms with E-state index in [1.54, 1.807) is 0 Å². The van der Waals surface area contributed by atoms with Crippen LogP contribution in [0.15, 0.2) is 176 Å². The first-order valence-electron chi connectivity index (χ1n) is 17.3. The summed E-state index contributed by atoms with van der Waals surface area (Å²) in [5.41, 5.74) is 12.5. The van der Waals surface area contributed by atoms with Crippen LogP contribution in [-0.2, 0) is 0 Å². The van der Waals surface area contributed by atoms with Gasteiger partial charge in [0.15, 0.2) is 5.82 Å². The Balaban J connectivity index is 1.05. The Morgan fingerprint density at radius 3 is 1.71 bits per heavy atom. The summed E-state index contributed by atoms with van der Waals surface area (Å²) in [4.78, 5) is 25.3. The predicted molar refractivity (Wildman–Crippen MR) is 213 cm³/mol. The highest BCUT2D eigenvalue weighted by molar-refractivity contribution is 6.04. The molecule has 0 saturated heterocycles. The van der Waals surface area contributed by atoms with E-state index in [0.717, 1.165) is 94.1 Å². The number of aromatic nitrogens is 5. The lowest BCUT2D eigenvalue weighted by Gasteiger charge is -2.12. The third kappa shape index (κ3) is 5.24. The lowest BCUT2D eigenvalue weighted by Crippen LogP contribution is -1.96. The highest BCUT2D eigenvalue weighted by Gasteiger charge is 2.15. The number of nitrogens with zero attached hydrogens (tertiary/aromatic N) is 5. The summed E-state index contributed by atoms with van der Waals surface area (Å²) >= 11 is 0. The zero-order valence-corrected chi connectivity index (χ0v) is 28.0. The lowest BCUT2D eigenvalue weighted by molar-refractivity contribution is 1.23. The van der Waals surface area contributed by atoms with Gasteiger partial charge in [-0.25, -0.2) is 19.9 Å². The molecule has 0 fully saturated rings. The van der Waals surface area contributed by atoms with Crippen LogP contribution in [-0.4, -0.2) is 24.9 Å². The Morgan fingerprint density at radius 2 is 0.923 bits per heavy atom. The van der Waals surface area contributed by atoms with Crippen molar-refractivity contribution in [2.75, 3.05) is 0 Å². The Kier molecular flexibility index (Phi) is 7.07. The summed E-state index contributed by atoms with van der Waals surface area (Å²) < 4.78 is 0. The van der Waals surface area contributed by atoms with Crippen LogP contribution in [0.5, 0.6) is 0 Å². The summed E-state index contributed by atoms with van der Waals surface area (Å²) in [7, 11) is 0. The molecule has 5 nitrogen and oxygen atoms in total. The molecule has 0 aliphatic heterocycles. The molecule has 4 aromatic heterocycles. The molecule has 0 aliphatic carbocycles. The summed E-state index contributed by atoms with van der Waals surface area (Å²) in [6, 6.07) is 58.5. The van der Waals surface area contributed by atoms with Crippen LogP contribution in [0, 0.1) is 0 Å². The third-order valence-electron chi connectivity index (χ3n) is 9.69. The molecular weight excluding hydrogens is 635 g/mol. The van der Waals surface area contributed by atoms with Crippen molar-refractivity contribution < 1.29 is 0 Å². The highest BCUT2D eigenvalue weighted by Crippen LogP contribution is 2.35. The fraction of sp³-hybridized carbons (Fsp3) is 0. The first-order valence-corrected chi connectivity index (χ1v) is 17.3. The van der Waals surface area contributed by atoms with Gasteiger partial charge in [-0.15, -0.1) is 0 Å². The minimum atomic E-state index is 0.671. The second-order valence-electron chi connectivity index (χ2n) is 12.9. The largest absolute Gasteiger partial charge is 0.256 e. The Morgan fingerprint density at radius 1 is 0.346 bits per heavy atom. The summed E-state index contributed by atoms with van der Waals surface area (Å²) in [6.45, 7) is 0. The molecule has 0 N–H and O–H groups in total. The van der Waals surface area contributed by atoms with E-state index in [0.29, 0.717) is 5.82 Å². The second-order valence-corrected chi connectivity index (χ2v) is 12.9. The van der Waals surface area contributed by atoms with Gasteiger partial charge in [-0.3, -0.25) is 4.98 Å². The van der Waals surface area contributed by atoms with Gasteiger partial charge in [-0.2, -0.15) is 0 Å². The zero-order valence-electron chi connectivity index (χ0n) is 28.0. The maximum absolute atomic E-state index is 5.21.